The second-order valence-corrected chi connectivity index (χ2v) is 4.79. The number of benzene rings is 1. The van der Waals surface area contributed by atoms with Crippen molar-refractivity contribution in [1.82, 2.24) is 14.8 Å². The highest BCUT2D eigenvalue weighted by atomic mass is 19.1. The summed E-state index contributed by atoms with van der Waals surface area (Å²) in [6.45, 7) is 4.33. The van der Waals surface area contributed by atoms with Gasteiger partial charge in [-0.25, -0.2) is 14.1 Å². The summed E-state index contributed by atoms with van der Waals surface area (Å²) in [6, 6.07) is 4.22. The van der Waals surface area contributed by atoms with Gasteiger partial charge in [0.15, 0.2) is 5.76 Å². The number of hydrogen-bond acceptors (Lipinski definition) is 4. The number of fused-ring (bicyclic) bond motifs is 1. The maximum absolute atomic E-state index is 13.3. The Labute approximate surface area is 120 Å². The summed E-state index contributed by atoms with van der Waals surface area (Å²) in [5, 5.41) is 4.65. The molecule has 3 aromatic rings. The van der Waals surface area contributed by atoms with E-state index in [9.17, 15) is 9.18 Å². The number of aromatic nitrogens is 3. The molecule has 21 heavy (non-hydrogen) atoms. The smallest absolute Gasteiger partial charge is 0.205 e. The Bertz CT molecular complexity index is 820. The van der Waals surface area contributed by atoms with Crippen molar-refractivity contribution in [1.29, 1.82) is 0 Å². The summed E-state index contributed by atoms with van der Waals surface area (Å²) >= 11 is 0. The molecule has 2 aromatic heterocycles. The minimum atomic E-state index is -0.351. The van der Waals surface area contributed by atoms with Gasteiger partial charge in [0.25, 0.3) is 0 Å². The van der Waals surface area contributed by atoms with Gasteiger partial charge in [-0.05, 0) is 32.0 Å². The van der Waals surface area contributed by atoms with E-state index in [-0.39, 0.29) is 23.8 Å². The van der Waals surface area contributed by atoms with E-state index in [0.717, 1.165) is 0 Å². The molecule has 108 valence electrons. The number of hydrogen-bond donors (Lipinski definition) is 0. The van der Waals surface area contributed by atoms with E-state index in [1.54, 1.807) is 11.6 Å². The van der Waals surface area contributed by atoms with Crippen LogP contribution in [0.2, 0.25) is 0 Å². The van der Waals surface area contributed by atoms with Gasteiger partial charge in [0.1, 0.15) is 23.6 Å². The Balaban J connectivity index is 1.96. The molecule has 0 aliphatic rings. The number of aryl methyl sites for hydroxylation is 2. The number of carbonyl (C=O) groups excluding carboxylic acids is 1. The van der Waals surface area contributed by atoms with Crippen LogP contribution >= 0.6 is 0 Å². The van der Waals surface area contributed by atoms with E-state index in [2.05, 4.69) is 10.1 Å². The summed E-state index contributed by atoms with van der Waals surface area (Å²) in [5.74, 6) is 0.303. The maximum atomic E-state index is 13.3. The Morgan fingerprint density at radius 2 is 2.24 bits per heavy atom. The molecule has 0 spiro atoms. The van der Waals surface area contributed by atoms with Crippen molar-refractivity contribution in [2.24, 2.45) is 0 Å². The molecule has 0 aliphatic heterocycles. The first-order chi connectivity index (χ1) is 10.1. The van der Waals surface area contributed by atoms with E-state index in [4.69, 9.17) is 4.42 Å². The largest absolute Gasteiger partial charge is 0.453 e. The van der Waals surface area contributed by atoms with E-state index in [1.807, 2.05) is 6.92 Å². The number of ketones is 1. The van der Waals surface area contributed by atoms with E-state index >= 15 is 0 Å². The second-order valence-electron chi connectivity index (χ2n) is 4.79. The molecule has 0 N–H and O–H groups in total. The predicted octanol–water partition coefficient (Wildman–Crippen LogP) is 2.92. The first-order valence-corrected chi connectivity index (χ1v) is 6.68. The Hall–Kier alpha value is -2.50. The lowest BCUT2D eigenvalue weighted by Crippen LogP contribution is -2.11. The SMILES string of the molecule is CCn1ncnc1CC(=O)c1oc2ccc(F)cc2c1C. The van der Waals surface area contributed by atoms with Crippen molar-refractivity contribution in [3.05, 3.63) is 47.5 Å². The Kier molecular flexibility index (Phi) is 3.29. The average molecular weight is 287 g/mol. The summed E-state index contributed by atoms with van der Waals surface area (Å²) in [4.78, 5) is 16.5. The molecule has 0 amide bonds. The van der Waals surface area contributed by atoms with Crippen molar-refractivity contribution < 1.29 is 13.6 Å². The minimum absolute atomic E-state index is 0.108. The zero-order chi connectivity index (χ0) is 15.0. The average Bonchev–Trinajstić information content (AvgIpc) is 3.04. The fourth-order valence-electron chi connectivity index (χ4n) is 2.37. The van der Waals surface area contributed by atoms with Crippen molar-refractivity contribution in [2.45, 2.75) is 26.8 Å². The van der Waals surface area contributed by atoms with Crippen LogP contribution in [0.15, 0.2) is 28.9 Å². The van der Waals surface area contributed by atoms with Crippen LogP contribution in [0.1, 0.15) is 28.9 Å². The fraction of sp³-hybridized carbons (Fsp3) is 0.267. The standard InChI is InChI=1S/C15H14FN3O2/c1-3-19-14(17-8-18-19)7-12(20)15-9(2)11-6-10(16)4-5-13(11)21-15/h4-6,8H,3,7H2,1-2H3. The third-order valence-electron chi connectivity index (χ3n) is 3.47. The van der Waals surface area contributed by atoms with Gasteiger partial charge in [0.2, 0.25) is 5.78 Å². The predicted molar refractivity (Wildman–Crippen MR) is 74.6 cm³/mol. The van der Waals surface area contributed by atoms with Crippen LogP contribution in [0.3, 0.4) is 0 Å². The monoisotopic (exact) mass is 287 g/mol. The molecule has 0 unspecified atom stereocenters. The van der Waals surface area contributed by atoms with Crippen LogP contribution in [0, 0.1) is 12.7 Å². The minimum Gasteiger partial charge on any atom is -0.453 e. The van der Waals surface area contributed by atoms with Gasteiger partial charge in [-0.15, -0.1) is 0 Å². The fourth-order valence-corrected chi connectivity index (χ4v) is 2.37. The van der Waals surface area contributed by atoms with E-state index in [1.165, 1.54) is 24.5 Å². The van der Waals surface area contributed by atoms with E-state index < -0.39 is 0 Å². The lowest BCUT2D eigenvalue weighted by Gasteiger charge is -2.01. The first kappa shape index (κ1) is 13.5. The maximum Gasteiger partial charge on any atom is 0.205 e. The lowest BCUT2D eigenvalue weighted by atomic mass is 10.1. The molecule has 0 fully saturated rings. The highest BCUT2D eigenvalue weighted by Gasteiger charge is 2.20. The van der Waals surface area contributed by atoms with Gasteiger partial charge in [0.05, 0.1) is 6.42 Å². The highest BCUT2D eigenvalue weighted by molar-refractivity contribution is 6.00. The molecule has 2 heterocycles. The van der Waals surface area contributed by atoms with Gasteiger partial charge in [-0.2, -0.15) is 5.10 Å². The summed E-state index contributed by atoms with van der Waals surface area (Å²) in [7, 11) is 0. The van der Waals surface area contributed by atoms with Crippen molar-refractivity contribution >= 4 is 16.8 Å². The number of rotatable bonds is 4. The lowest BCUT2D eigenvalue weighted by molar-refractivity contribution is 0.0964. The molecule has 1 aromatic carbocycles. The molecule has 0 bridgehead atoms. The van der Waals surface area contributed by atoms with Crippen molar-refractivity contribution in [3.8, 4) is 0 Å². The van der Waals surface area contributed by atoms with E-state index in [0.29, 0.717) is 28.9 Å². The zero-order valence-corrected chi connectivity index (χ0v) is 11.8. The molecule has 3 rings (SSSR count). The molecule has 0 saturated heterocycles. The second kappa shape index (κ2) is 5.12. The Morgan fingerprint density at radius 3 is 3.00 bits per heavy atom. The highest BCUT2D eigenvalue weighted by Crippen LogP contribution is 2.26. The number of carbonyl (C=O) groups is 1. The molecule has 0 atom stereocenters. The topological polar surface area (TPSA) is 60.9 Å². The first-order valence-electron chi connectivity index (χ1n) is 6.68. The summed E-state index contributed by atoms with van der Waals surface area (Å²) in [6.07, 6.45) is 1.53. The van der Waals surface area contributed by atoms with Crippen LogP contribution in [0.25, 0.3) is 11.0 Å². The van der Waals surface area contributed by atoms with Crippen LogP contribution < -0.4 is 0 Å². The van der Waals surface area contributed by atoms with Crippen LogP contribution in [0.4, 0.5) is 4.39 Å². The zero-order valence-electron chi connectivity index (χ0n) is 11.8. The normalized spacial score (nSPS) is 11.2. The number of nitrogens with zero attached hydrogens (tertiary/aromatic N) is 3. The molecule has 0 aliphatic carbocycles. The number of furan rings is 1. The Morgan fingerprint density at radius 1 is 1.43 bits per heavy atom. The third-order valence-corrected chi connectivity index (χ3v) is 3.47. The van der Waals surface area contributed by atoms with Crippen molar-refractivity contribution in [3.63, 3.8) is 0 Å². The molecular formula is C15H14FN3O2. The van der Waals surface area contributed by atoms with Crippen LogP contribution in [-0.2, 0) is 13.0 Å². The van der Waals surface area contributed by atoms with Crippen LogP contribution in [-0.4, -0.2) is 20.5 Å². The molecule has 0 radical (unpaired) electrons. The quantitative estimate of drug-likeness (QED) is 0.692. The molecule has 0 saturated carbocycles. The number of halogens is 1. The molecule has 6 heteroatoms. The van der Waals surface area contributed by atoms with Gasteiger partial charge >= 0.3 is 0 Å². The van der Waals surface area contributed by atoms with Crippen molar-refractivity contribution in [2.75, 3.05) is 0 Å². The third kappa shape index (κ3) is 2.33. The van der Waals surface area contributed by atoms with Gasteiger partial charge in [0, 0.05) is 17.5 Å². The number of Topliss-reactive ketones (excluding diaryl/α,β-unsaturated/α-hetero) is 1. The van der Waals surface area contributed by atoms with Crippen LogP contribution in [0.5, 0.6) is 0 Å². The van der Waals surface area contributed by atoms with Gasteiger partial charge < -0.3 is 4.42 Å². The summed E-state index contributed by atoms with van der Waals surface area (Å²) in [5.41, 5.74) is 1.16. The summed E-state index contributed by atoms with van der Waals surface area (Å²) < 4.78 is 20.5. The molecule has 5 nitrogen and oxygen atoms in total. The molecular weight excluding hydrogens is 273 g/mol. The van der Waals surface area contributed by atoms with Gasteiger partial charge in [-0.3, -0.25) is 4.79 Å². The van der Waals surface area contributed by atoms with Gasteiger partial charge in [-0.1, -0.05) is 0 Å².